The van der Waals surface area contributed by atoms with Crippen molar-refractivity contribution in [3.63, 3.8) is 0 Å². The lowest BCUT2D eigenvalue weighted by molar-refractivity contribution is -0.143. The van der Waals surface area contributed by atoms with Gasteiger partial charge in [-0.15, -0.1) is 0 Å². The Labute approximate surface area is 137 Å². The maximum atomic E-state index is 12.5. The van der Waals surface area contributed by atoms with Crippen LogP contribution < -0.4 is 5.32 Å². The van der Waals surface area contributed by atoms with Crippen LogP contribution in [-0.2, 0) is 19.1 Å². The van der Waals surface area contributed by atoms with E-state index in [0.717, 1.165) is 19.3 Å². The van der Waals surface area contributed by atoms with Crippen molar-refractivity contribution >= 4 is 18.1 Å². The van der Waals surface area contributed by atoms with E-state index in [9.17, 15) is 14.4 Å². The van der Waals surface area contributed by atoms with Gasteiger partial charge in [0, 0.05) is 25.6 Å². The summed E-state index contributed by atoms with van der Waals surface area (Å²) in [6.07, 6.45) is 4.33. The van der Waals surface area contributed by atoms with Gasteiger partial charge in [-0.05, 0) is 37.5 Å². The molecule has 0 spiro atoms. The summed E-state index contributed by atoms with van der Waals surface area (Å²) in [6, 6.07) is -0.674. The molecule has 1 saturated heterocycles. The van der Waals surface area contributed by atoms with E-state index in [1.54, 1.807) is 0 Å². The Bertz CT molecular complexity index is 428. The predicted molar refractivity (Wildman–Crippen MR) is 85.7 cm³/mol. The van der Waals surface area contributed by atoms with Crippen molar-refractivity contribution in [2.24, 2.45) is 17.8 Å². The number of ether oxygens (including phenoxy) is 1. The van der Waals surface area contributed by atoms with Crippen molar-refractivity contribution in [2.45, 2.75) is 45.6 Å². The van der Waals surface area contributed by atoms with Crippen LogP contribution in [0.2, 0.25) is 0 Å². The van der Waals surface area contributed by atoms with Crippen molar-refractivity contribution in [3.8, 4) is 0 Å². The number of nitrogens with one attached hydrogen (secondary N) is 1. The van der Waals surface area contributed by atoms with E-state index in [4.69, 9.17) is 4.74 Å². The maximum Gasteiger partial charge on any atom is 0.289 e. The van der Waals surface area contributed by atoms with Gasteiger partial charge in [-0.25, -0.2) is 0 Å². The Kier molecular flexibility index (Phi) is 6.57. The van der Waals surface area contributed by atoms with Crippen LogP contribution in [0, 0.1) is 17.8 Å². The van der Waals surface area contributed by atoms with Gasteiger partial charge in [-0.2, -0.15) is 0 Å². The summed E-state index contributed by atoms with van der Waals surface area (Å²) >= 11 is 0. The second kappa shape index (κ2) is 8.43. The standard InChI is InChI=1S/C17H28N2O4/c1-12(2)7-15(16(21)17(22)18-8-13-3-4-13)19(11-20)9-14-5-6-23-10-14/h11-15H,3-10H2,1-2H3,(H,18,22)/t14-,15?/m1/s1. The molecule has 2 rings (SSSR count). The molecule has 2 amide bonds. The van der Waals surface area contributed by atoms with Crippen molar-refractivity contribution in [3.05, 3.63) is 0 Å². The average Bonchev–Trinajstić information content (AvgIpc) is 3.22. The van der Waals surface area contributed by atoms with Crippen LogP contribution in [-0.4, -0.2) is 55.3 Å². The molecule has 0 aromatic heterocycles. The zero-order valence-corrected chi connectivity index (χ0v) is 14.1. The number of nitrogens with zero attached hydrogens (tertiary/aromatic N) is 1. The summed E-state index contributed by atoms with van der Waals surface area (Å²) in [5.41, 5.74) is 0. The normalized spacial score (nSPS) is 22.0. The summed E-state index contributed by atoms with van der Waals surface area (Å²) in [4.78, 5) is 37.7. The molecule has 0 aromatic carbocycles. The lowest BCUT2D eigenvalue weighted by Gasteiger charge is -2.29. The topological polar surface area (TPSA) is 75.7 Å². The SMILES string of the molecule is CC(C)CC(C(=O)C(=O)NCC1CC1)N(C=O)C[C@H]1CCOC1. The van der Waals surface area contributed by atoms with Crippen LogP contribution in [0.15, 0.2) is 0 Å². The van der Waals surface area contributed by atoms with Gasteiger partial charge in [0.1, 0.15) is 6.04 Å². The molecule has 1 aliphatic carbocycles. The maximum absolute atomic E-state index is 12.5. The molecular weight excluding hydrogens is 296 g/mol. The summed E-state index contributed by atoms with van der Waals surface area (Å²) in [7, 11) is 0. The number of Topliss-reactive ketones (excluding diaryl/α,β-unsaturated/α-hetero) is 1. The van der Waals surface area contributed by atoms with Gasteiger partial charge in [-0.1, -0.05) is 13.8 Å². The molecular formula is C17H28N2O4. The number of carbonyl (C=O) groups excluding carboxylic acids is 3. The van der Waals surface area contributed by atoms with Crippen molar-refractivity contribution < 1.29 is 19.1 Å². The Morgan fingerprint density at radius 3 is 2.52 bits per heavy atom. The molecule has 2 fully saturated rings. The first-order chi connectivity index (χ1) is 11.0. The molecule has 0 aromatic rings. The summed E-state index contributed by atoms with van der Waals surface area (Å²) in [5.74, 6) is -0.0600. The average molecular weight is 324 g/mol. The zero-order chi connectivity index (χ0) is 16.8. The van der Waals surface area contributed by atoms with Crippen LogP contribution in [0.4, 0.5) is 0 Å². The van der Waals surface area contributed by atoms with Gasteiger partial charge in [-0.3, -0.25) is 14.4 Å². The molecule has 2 aliphatic rings. The van der Waals surface area contributed by atoms with Crippen molar-refractivity contribution in [1.29, 1.82) is 0 Å². The molecule has 130 valence electrons. The monoisotopic (exact) mass is 324 g/mol. The van der Waals surface area contributed by atoms with E-state index in [1.807, 2.05) is 13.8 Å². The van der Waals surface area contributed by atoms with Gasteiger partial charge < -0.3 is 15.0 Å². The van der Waals surface area contributed by atoms with E-state index >= 15 is 0 Å². The summed E-state index contributed by atoms with van der Waals surface area (Å²) in [5, 5.41) is 2.71. The third-order valence-electron chi connectivity index (χ3n) is 4.50. The van der Waals surface area contributed by atoms with Gasteiger partial charge in [0.2, 0.25) is 12.2 Å². The van der Waals surface area contributed by atoms with Crippen LogP contribution in [0.3, 0.4) is 0 Å². The van der Waals surface area contributed by atoms with E-state index in [0.29, 0.717) is 45.1 Å². The van der Waals surface area contributed by atoms with Crippen LogP contribution in [0.25, 0.3) is 0 Å². The largest absolute Gasteiger partial charge is 0.381 e. The fraction of sp³-hybridized carbons (Fsp3) is 0.824. The van der Waals surface area contributed by atoms with Crippen LogP contribution in [0.1, 0.15) is 39.5 Å². The van der Waals surface area contributed by atoms with E-state index in [1.165, 1.54) is 4.90 Å². The number of amides is 2. The second-order valence-corrected chi connectivity index (χ2v) is 7.19. The Morgan fingerprint density at radius 2 is 2.00 bits per heavy atom. The predicted octanol–water partition coefficient (Wildman–Crippen LogP) is 0.991. The highest BCUT2D eigenvalue weighted by molar-refractivity contribution is 6.38. The number of carbonyl (C=O) groups is 3. The third-order valence-corrected chi connectivity index (χ3v) is 4.50. The zero-order valence-electron chi connectivity index (χ0n) is 14.1. The minimum Gasteiger partial charge on any atom is -0.381 e. The van der Waals surface area contributed by atoms with Gasteiger partial charge in [0.25, 0.3) is 5.91 Å². The minimum atomic E-state index is -0.674. The highest BCUT2D eigenvalue weighted by atomic mass is 16.5. The highest BCUT2D eigenvalue weighted by Crippen LogP contribution is 2.27. The first-order valence-electron chi connectivity index (χ1n) is 8.62. The number of hydrogen-bond donors (Lipinski definition) is 1. The van der Waals surface area contributed by atoms with E-state index < -0.39 is 17.7 Å². The molecule has 1 saturated carbocycles. The molecule has 23 heavy (non-hydrogen) atoms. The smallest absolute Gasteiger partial charge is 0.289 e. The lowest BCUT2D eigenvalue weighted by Crippen LogP contribution is -2.49. The van der Waals surface area contributed by atoms with Crippen molar-refractivity contribution in [2.75, 3.05) is 26.3 Å². The number of rotatable bonds is 10. The lowest BCUT2D eigenvalue weighted by atomic mass is 9.97. The van der Waals surface area contributed by atoms with Gasteiger partial charge in [0.15, 0.2) is 0 Å². The van der Waals surface area contributed by atoms with Crippen molar-refractivity contribution in [1.82, 2.24) is 10.2 Å². The fourth-order valence-electron chi connectivity index (χ4n) is 2.91. The first-order valence-corrected chi connectivity index (χ1v) is 8.62. The van der Waals surface area contributed by atoms with Crippen LogP contribution in [0.5, 0.6) is 0 Å². The number of hydrogen-bond acceptors (Lipinski definition) is 4. The summed E-state index contributed by atoms with van der Waals surface area (Å²) < 4.78 is 5.34. The molecule has 0 radical (unpaired) electrons. The molecule has 0 bridgehead atoms. The van der Waals surface area contributed by atoms with Crippen LogP contribution >= 0.6 is 0 Å². The molecule has 6 nitrogen and oxygen atoms in total. The van der Waals surface area contributed by atoms with Gasteiger partial charge in [0.05, 0.1) is 6.61 Å². The Balaban J connectivity index is 1.97. The van der Waals surface area contributed by atoms with E-state index in [2.05, 4.69) is 5.32 Å². The number of ketones is 1. The molecule has 1 aliphatic heterocycles. The van der Waals surface area contributed by atoms with E-state index in [-0.39, 0.29) is 11.8 Å². The fourth-order valence-corrected chi connectivity index (χ4v) is 2.91. The third kappa shape index (κ3) is 5.61. The quantitative estimate of drug-likeness (QED) is 0.480. The van der Waals surface area contributed by atoms with Gasteiger partial charge >= 0.3 is 0 Å². The molecule has 1 heterocycles. The second-order valence-electron chi connectivity index (χ2n) is 7.19. The first kappa shape index (κ1) is 17.9. The Morgan fingerprint density at radius 1 is 1.26 bits per heavy atom. The molecule has 1 N–H and O–H groups in total. The highest BCUT2D eigenvalue weighted by Gasteiger charge is 2.33. The molecule has 1 unspecified atom stereocenters. The summed E-state index contributed by atoms with van der Waals surface area (Å²) in [6.45, 7) is 6.33. The Hall–Kier alpha value is -1.43. The minimum absolute atomic E-state index is 0.225. The molecule has 2 atom stereocenters. The molecule has 6 heteroatoms.